The van der Waals surface area contributed by atoms with Crippen LogP contribution >= 0.6 is 12.2 Å². The number of amides is 1. The Morgan fingerprint density at radius 2 is 2.00 bits per heavy atom. The number of hydrogen-bond donors (Lipinski definition) is 3. The average Bonchev–Trinajstić information content (AvgIpc) is 2.51. The topological polar surface area (TPSA) is 62.4 Å². The van der Waals surface area contributed by atoms with Crippen LogP contribution in [0.2, 0.25) is 0 Å². The van der Waals surface area contributed by atoms with Gasteiger partial charge in [-0.1, -0.05) is 31.2 Å². The van der Waals surface area contributed by atoms with E-state index in [1.807, 2.05) is 31.2 Å². The van der Waals surface area contributed by atoms with Gasteiger partial charge < -0.3 is 10.1 Å². The number of carbonyl (C=O) groups excluding carboxylic acids is 1. The molecule has 0 aliphatic carbocycles. The van der Waals surface area contributed by atoms with E-state index in [1.54, 1.807) is 13.2 Å². The van der Waals surface area contributed by atoms with Gasteiger partial charge in [0.15, 0.2) is 5.11 Å². The fraction of sp³-hybridized carbons (Fsp3) is 0.375. The van der Waals surface area contributed by atoms with Crippen molar-refractivity contribution in [3.8, 4) is 0 Å². The molecule has 3 N–H and O–H groups in total. The van der Waals surface area contributed by atoms with E-state index < -0.39 is 0 Å². The second-order valence-corrected chi connectivity index (χ2v) is 5.28. The molecule has 1 rings (SSSR count). The number of hydrazine groups is 1. The summed E-state index contributed by atoms with van der Waals surface area (Å²) in [6, 6.07) is 8.12. The molecule has 0 fully saturated rings. The van der Waals surface area contributed by atoms with Crippen LogP contribution in [0.3, 0.4) is 0 Å². The number of methoxy groups -OCH3 is 1. The summed E-state index contributed by atoms with van der Waals surface area (Å²) in [6.45, 7) is 4.57. The molecule has 6 heteroatoms. The van der Waals surface area contributed by atoms with Gasteiger partial charge in [-0.05, 0) is 42.8 Å². The van der Waals surface area contributed by atoms with Gasteiger partial charge in [0.25, 0.3) is 5.91 Å². The fourth-order valence-electron chi connectivity index (χ4n) is 1.75. The predicted molar refractivity (Wildman–Crippen MR) is 93.2 cm³/mol. The number of ether oxygens (including phenoxy) is 1. The monoisotopic (exact) mass is 321 g/mol. The van der Waals surface area contributed by atoms with Crippen LogP contribution in [-0.2, 0) is 16.0 Å². The van der Waals surface area contributed by atoms with Crippen LogP contribution in [0.4, 0.5) is 0 Å². The van der Waals surface area contributed by atoms with E-state index in [9.17, 15) is 4.79 Å². The summed E-state index contributed by atoms with van der Waals surface area (Å²) in [5.41, 5.74) is 7.38. The first-order chi connectivity index (χ1) is 10.5. The number of thiocarbonyl (C=S) groups is 1. The fourth-order valence-corrected chi connectivity index (χ4v) is 2.00. The van der Waals surface area contributed by atoms with Crippen molar-refractivity contribution in [3.63, 3.8) is 0 Å². The molecular formula is C16H23N3O2S. The number of hydrogen-bond acceptors (Lipinski definition) is 3. The Morgan fingerprint density at radius 3 is 2.59 bits per heavy atom. The zero-order chi connectivity index (χ0) is 16.4. The number of nitrogens with one attached hydrogen (secondary N) is 3. The highest BCUT2D eigenvalue weighted by Gasteiger charge is 2.03. The number of carbonyl (C=O) groups is 1. The van der Waals surface area contributed by atoms with Crippen LogP contribution in [0.25, 0.3) is 6.08 Å². The Kier molecular flexibility index (Phi) is 8.17. The second kappa shape index (κ2) is 9.92. The van der Waals surface area contributed by atoms with Crippen molar-refractivity contribution in [1.82, 2.24) is 16.2 Å². The first kappa shape index (κ1) is 18.1. The highest BCUT2D eigenvalue weighted by molar-refractivity contribution is 7.80. The van der Waals surface area contributed by atoms with Crippen LogP contribution in [0.1, 0.15) is 25.0 Å². The predicted octanol–water partition coefficient (Wildman–Crippen LogP) is 1.79. The molecule has 120 valence electrons. The molecule has 0 radical (unpaired) electrons. The van der Waals surface area contributed by atoms with Gasteiger partial charge >= 0.3 is 0 Å². The second-order valence-electron chi connectivity index (χ2n) is 4.87. The van der Waals surface area contributed by atoms with Crippen molar-refractivity contribution in [3.05, 3.63) is 41.5 Å². The first-order valence-electron chi connectivity index (χ1n) is 7.17. The van der Waals surface area contributed by atoms with Crippen molar-refractivity contribution in [1.29, 1.82) is 0 Å². The Bertz CT molecular complexity index is 515. The highest BCUT2D eigenvalue weighted by atomic mass is 32.1. The molecule has 0 spiro atoms. The van der Waals surface area contributed by atoms with E-state index in [4.69, 9.17) is 17.0 Å². The van der Waals surface area contributed by atoms with Crippen molar-refractivity contribution in [2.75, 3.05) is 13.7 Å². The molecule has 0 aromatic heterocycles. The molecule has 22 heavy (non-hydrogen) atoms. The largest absolute Gasteiger partial charge is 0.383 e. The van der Waals surface area contributed by atoms with E-state index in [0.717, 1.165) is 12.0 Å². The van der Waals surface area contributed by atoms with Crippen molar-refractivity contribution in [2.45, 2.75) is 26.3 Å². The molecule has 1 aromatic carbocycles. The smallest absolute Gasteiger partial charge is 0.262 e. The van der Waals surface area contributed by atoms with Crippen molar-refractivity contribution in [2.24, 2.45) is 0 Å². The van der Waals surface area contributed by atoms with Gasteiger partial charge in [-0.15, -0.1) is 0 Å². The van der Waals surface area contributed by atoms with Crippen LogP contribution < -0.4 is 16.2 Å². The van der Waals surface area contributed by atoms with Crippen LogP contribution in [0.15, 0.2) is 30.3 Å². The molecule has 0 saturated heterocycles. The molecule has 0 aliphatic heterocycles. The molecule has 0 aliphatic rings. The molecule has 5 nitrogen and oxygen atoms in total. The average molecular weight is 321 g/mol. The third-order valence-electron chi connectivity index (χ3n) is 2.91. The molecule has 0 heterocycles. The maximum atomic E-state index is 11.7. The maximum Gasteiger partial charge on any atom is 0.262 e. The minimum Gasteiger partial charge on any atom is -0.383 e. The summed E-state index contributed by atoms with van der Waals surface area (Å²) >= 11 is 5.05. The lowest BCUT2D eigenvalue weighted by Gasteiger charge is -2.15. The summed E-state index contributed by atoms with van der Waals surface area (Å²) < 4.78 is 4.99. The van der Waals surface area contributed by atoms with Crippen molar-refractivity contribution < 1.29 is 9.53 Å². The zero-order valence-corrected chi connectivity index (χ0v) is 14.0. The lowest BCUT2D eigenvalue weighted by atomic mass is 10.1. The van der Waals surface area contributed by atoms with Gasteiger partial charge in [0, 0.05) is 19.2 Å². The molecular weight excluding hydrogens is 298 g/mol. The van der Waals surface area contributed by atoms with Gasteiger partial charge in [0.1, 0.15) is 0 Å². The molecule has 1 atom stereocenters. The summed E-state index contributed by atoms with van der Waals surface area (Å²) in [7, 11) is 1.62. The third-order valence-corrected chi connectivity index (χ3v) is 3.13. The van der Waals surface area contributed by atoms with Gasteiger partial charge in [0.05, 0.1) is 6.61 Å². The Balaban J connectivity index is 2.35. The van der Waals surface area contributed by atoms with E-state index in [-0.39, 0.29) is 11.9 Å². The number of aryl methyl sites for hydroxylation is 1. The van der Waals surface area contributed by atoms with Gasteiger partial charge in [-0.2, -0.15) is 0 Å². The number of benzene rings is 1. The zero-order valence-electron chi connectivity index (χ0n) is 13.2. The van der Waals surface area contributed by atoms with Crippen LogP contribution in [0.5, 0.6) is 0 Å². The molecule has 1 amide bonds. The quantitative estimate of drug-likeness (QED) is 0.424. The Hall–Kier alpha value is -1.92. The summed E-state index contributed by atoms with van der Waals surface area (Å²) in [5, 5.41) is 3.33. The summed E-state index contributed by atoms with van der Waals surface area (Å²) in [4.78, 5) is 11.7. The van der Waals surface area contributed by atoms with Gasteiger partial charge in [0.2, 0.25) is 0 Å². The molecule has 0 saturated carbocycles. The maximum absolute atomic E-state index is 11.7. The minimum absolute atomic E-state index is 0.0644. The van der Waals surface area contributed by atoms with Gasteiger partial charge in [-0.25, -0.2) is 0 Å². The third kappa shape index (κ3) is 7.19. The van der Waals surface area contributed by atoms with Gasteiger partial charge in [-0.3, -0.25) is 15.6 Å². The number of rotatable bonds is 6. The standard InChI is InChI=1S/C16H23N3O2S/c1-4-13-5-7-14(8-6-13)9-10-15(20)18-19-16(22)17-12(2)11-21-3/h5-10,12H,4,11H2,1-3H3,(H,18,20)(H2,17,19,22)/b10-9+/t12-/m1/s1. The normalized spacial score (nSPS) is 12.0. The molecule has 0 unspecified atom stereocenters. The molecule has 1 aromatic rings. The summed E-state index contributed by atoms with van der Waals surface area (Å²) in [5.74, 6) is -0.275. The SMILES string of the molecule is CCc1ccc(/C=C/C(=O)NNC(=S)N[C@H](C)COC)cc1. The Labute approximate surface area is 137 Å². The summed E-state index contributed by atoms with van der Waals surface area (Å²) in [6.07, 6.45) is 4.20. The Morgan fingerprint density at radius 1 is 1.32 bits per heavy atom. The van der Waals surface area contributed by atoms with Crippen LogP contribution in [0, 0.1) is 0 Å². The van der Waals surface area contributed by atoms with E-state index in [2.05, 4.69) is 23.1 Å². The first-order valence-corrected chi connectivity index (χ1v) is 7.58. The van der Waals surface area contributed by atoms with E-state index in [0.29, 0.717) is 11.7 Å². The minimum atomic E-state index is -0.275. The van der Waals surface area contributed by atoms with Crippen molar-refractivity contribution >= 4 is 29.3 Å². The lowest BCUT2D eigenvalue weighted by molar-refractivity contribution is -0.116. The highest BCUT2D eigenvalue weighted by Crippen LogP contribution is 2.06. The lowest BCUT2D eigenvalue weighted by Crippen LogP contribution is -2.49. The van der Waals surface area contributed by atoms with E-state index >= 15 is 0 Å². The van der Waals surface area contributed by atoms with E-state index in [1.165, 1.54) is 11.6 Å². The van der Waals surface area contributed by atoms with Crippen LogP contribution in [-0.4, -0.2) is 30.8 Å². The molecule has 0 bridgehead atoms.